The van der Waals surface area contributed by atoms with E-state index in [0.717, 1.165) is 5.56 Å². The van der Waals surface area contributed by atoms with Crippen molar-refractivity contribution in [2.24, 2.45) is 0 Å². The molecule has 0 radical (unpaired) electrons. The van der Waals surface area contributed by atoms with Crippen LogP contribution in [0.4, 0.5) is 5.69 Å². The van der Waals surface area contributed by atoms with Crippen molar-refractivity contribution >= 4 is 11.6 Å². The minimum Gasteiger partial charge on any atom is -0.497 e. The summed E-state index contributed by atoms with van der Waals surface area (Å²) in [5.74, 6) is 0.515. The van der Waals surface area contributed by atoms with E-state index in [1.54, 1.807) is 49.6 Å². The van der Waals surface area contributed by atoms with Gasteiger partial charge in [-0.15, -0.1) is 0 Å². The van der Waals surface area contributed by atoms with Crippen molar-refractivity contribution in [3.63, 3.8) is 0 Å². The molecule has 0 aliphatic rings. The topological polar surface area (TPSA) is 62.1 Å². The first-order valence-electron chi connectivity index (χ1n) is 6.15. The van der Waals surface area contributed by atoms with Gasteiger partial charge in [0.1, 0.15) is 5.75 Å². The molecule has 0 fully saturated rings. The standard InChI is InChI=1S/C16H14N2O2/c1-20-15-8-4-7-14(10-15)18-16(19)9-12-5-2-3-6-13(12)11-17/h2-8,10H,9H2,1H3,(H,18,19). The van der Waals surface area contributed by atoms with Crippen LogP contribution in [-0.2, 0) is 11.2 Å². The summed E-state index contributed by atoms with van der Waals surface area (Å²) in [6.07, 6.45) is 0.168. The molecule has 0 spiro atoms. The van der Waals surface area contributed by atoms with E-state index in [1.807, 2.05) is 6.07 Å². The molecule has 0 aromatic heterocycles. The van der Waals surface area contributed by atoms with Crippen LogP contribution in [0.3, 0.4) is 0 Å². The number of methoxy groups -OCH3 is 1. The molecular formula is C16H14N2O2. The van der Waals surface area contributed by atoms with Crippen LogP contribution in [0.25, 0.3) is 0 Å². The molecule has 20 heavy (non-hydrogen) atoms. The zero-order valence-corrected chi connectivity index (χ0v) is 11.1. The van der Waals surface area contributed by atoms with Crippen LogP contribution in [0.2, 0.25) is 0 Å². The highest BCUT2D eigenvalue weighted by Crippen LogP contribution is 2.17. The highest BCUT2D eigenvalue weighted by Gasteiger charge is 2.08. The van der Waals surface area contributed by atoms with Crippen molar-refractivity contribution in [3.05, 3.63) is 59.7 Å². The molecule has 1 N–H and O–H groups in total. The molecule has 4 heteroatoms. The monoisotopic (exact) mass is 266 g/mol. The number of rotatable bonds is 4. The van der Waals surface area contributed by atoms with E-state index in [-0.39, 0.29) is 12.3 Å². The summed E-state index contributed by atoms with van der Waals surface area (Å²) < 4.78 is 5.10. The number of hydrogen-bond donors (Lipinski definition) is 1. The van der Waals surface area contributed by atoms with Gasteiger partial charge in [-0.25, -0.2) is 0 Å². The minimum atomic E-state index is -0.166. The quantitative estimate of drug-likeness (QED) is 0.925. The van der Waals surface area contributed by atoms with Crippen LogP contribution < -0.4 is 10.1 Å². The maximum absolute atomic E-state index is 12.0. The van der Waals surface area contributed by atoms with E-state index >= 15 is 0 Å². The van der Waals surface area contributed by atoms with Crippen molar-refractivity contribution in [2.75, 3.05) is 12.4 Å². The van der Waals surface area contributed by atoms with Gasteiger partial charge < -0.3 is 10.1 Å². The fraction of sp³-hybridized carbons (Fsp3) is 0.125. The third-order valence-electron chi connectivity index (χ3n) is 2.84. The average molecular weight is 266 g/mol. The van der Waals surface area contributed by atoms with Crippen LogP contribution >= 0.6 is 0 Å². The van der Waals surface area contributed by atoms with E-state index in [9.17, 15) is 4.79 Å². The van der Waals surface area contributed by atoms with Crippen molar-refractivity contribution < 1.29 is 9.53 Å². The Bertz CT molecular complexity index is 660. The Morgan fingerprint density at radius 2 is 2.05 bits per heavy atom. The molecule has 4 nitrogen and oxygen atoms in total. The summed E-state index contributed by atoms with van der Waals surface area (Å²) in [7, 11) is 1.57. The van der Waals surface area contributed by atoms with Gasteiger partial charge in [-0.1, -0.05) is 24.3 Å². The number of anilines is 1. The van der Waals surface area contributed by atoms with Crippen LogP contribution in [0.15, 0.2) is 48.5 Å². The number of nitriles is 1. The lowest BCUT2D eigenvalue weighted by Gasteiger charge is -2.07. The Balaban J connectivity index is 2.07. The van der Waals surface area contributed by atoms with E-state index in [0.29, 0.717) is 17.0 Å². The highest BCUT2D eigenvalue weighted by atomic mass is 16.5. The Labute approximate surface area is 117 Å². The van der Waals surface area contributed by atoms with Gasteiger partial charge >= 0.3 is 0 Å². The fourth-order valence-electron chi connectivity index (χ4n) is 1.86. The predicted octanol–water partition coefficient (Wildman–Crippen LogP) is 2.75. The fourth-order valence-corrected chi connectivity index (χ4v) is 1.86. The van der Waals surface area contributed by atoms with Gasteiger partial charge in [-0.05, 0) is 23.8 Å². The van der Waals surface area contributed by atoms with Crippen molar-refractivity contribution in [3.8, 4) is 11.8 Å². The second-order valence-electron chi connectivity index (χ2n) is 4.23. The maximum Gasteiger partial charge on any atom is 0.228 e. The molecular weight excluding hydrogens is 252 g/mol. The molecule has 0 saturated carbocycles. The van der Waals surface area contributed by atoms with Crippen molar-refractivity contribution in [1.29, 1.82) is 5.26 Å². The van der Waals surface area contributed by atoms with Gasteiger partial charge in [0.2, 0.25) is 5.91 Å². The van der Waals surface area contributed by atoms with Crippen LogP contribution in [0.5, 0.6) is 5.75 Å². The summed E-state index contributed by atoms with van der Waals surface area (Å²) in [5, 5.41) is 11.8. The first-order chi connectivity index (χ1) is 9.72. The van der Waals surface area contributed by atoms with Crippen LogP contribution in [0, 0.1) is 11.3 Å². The highest BCUT2D eigenvalue weighted by molar-refractivity contribution is 5.92. The van der Waals surface area contributed by atoms with E-state index < -0.39 is 0 Å². The third kappa shape index (κ3) is 3.36. The summed E-state index contributed by atoms with van der Waals surface area (Å²) >= 11 is 0. The SMILES string of the molecule is COc1cccc(NC(=O)Cc2ccccc2C#N)c1. The molecule has 0 aliphatic carbocycles. The van der Waals surface area contributed by atoms with Crippen molar-refractivity contribution in [2.45, 2.75) is 6.42 Å². The lowest BCUT2D eigenvalue weighted by atomic mass is 10.1. The molecule has 2 rings (SSSR count). The molecule has 0 unspecified atom stereocenters. The largest absolute Gasteiger partial charge is 0.497 e. The van der Waals surface area contributed by atoms with E-state index in [2.05, 4.69) is 11.4 Å². The number of hydrogen-bond acceptors (Lipinski definition) is 3. The minimum absolute atomic E-state index is 0.166. The summed E-state index contributed by atoms with van der Waals surface area (Å²) in [6.45, 7) is 0. The molecule has 0 bridgehead atoms. The molecule has 2 aromatic rings. The molecule has 1 amide bonds. The third-order valence-corrected chi connectivity index (χ3v) is 2.84. The van der Waals surface area contributed by atoms with Gasteiger partial charge in [0.25, 0.3) is 0 Å². The predicted molar refractivity (Wildman–Crippen MR) is 76.5 cm³/mol. The second-order valence-corrected chi connectivity index (χ2v) is 4.23. The number of amides is 1. The first-order valence-corrected chi connectivity index (χ1v) is 6.15. The van der Waals surface area contributed by atoms with Crippen molar-refractivity contribution in [1.82, 2.24) is 0 Å². The van der Waals surface area contributed by atoms with E-state index in [1.165, 1.54) is 0 Å². The number of nitrogens with zero attached hydrogens (tertiary/aromatic N) is 1. The first kappa shape index (κ1) is 13.6. The molecule has 0 atom stereocenters. The number of carbonyl (C=O) groups excluding carboxylic acids is 1. The molecule has 0 aliphatic heterocycles. The number of nitrogens with one attached hydrogen (secondary N) is 1. The molecule has 0 heterocycles. The summed E-state index contributed by atoms with van der Waals surface area (Å²) in [6, 6.07) is 16.3. The smallest absolute Gasteiger partial charge is 0.228 e. The van der Waals surface area contributed by atoms with Gasteiger partial charge in [-0.3, -0.25) is 4.79 Å². The number of ether oxygens (including phenoxy) is 1. The average Bonchev–Trinajstić information content (AvgIpc) is 2.48. The second kappa shape index (κ2) is 6.39. The zero-order valence-electron chi connectivity index (χ0n) is 11.1. The van der Waals surface area contributed by atoms with Crippen LogP contribution in [0.1, 0.15) is 11.1 Å². The Kier molecular flexibility index (Phi) is 4.35. The Morgan fingerprint density at radius 3 is 2.80 bits per heavy atom. The number of benzene rings is 2. The summed E-state index contributed by atoms with van der Waals surface area (Å²) in [4.78, 5) is 12.0. The zero-order chi connectivity index (χ0) is 14.4. The maximum atomic E-state index is 12.0. The van der Waals surface area contributed by atoms with Gasteiger partial charge in [-0.2, -0.15) is 5.26 Å². The molecule has 100 valence electrons. The van der Waals surface area contributed by atoms with Gasteiger partial charge in [0.15, 0.2) is 0 Å². The normalized spacial score (nSPS) is 9.60. The Morgan fingerprint density at radius 1 is 1.25 bits per heavy atom. The van der Waals surface area contributed by atoms with E-state index in [4.69, 9.17) is 10.00 Å². The molecule has 0 saturated heterocycles. The van der Waals surface area contributed by atoms with Crippen LogP contribution in [-0.4, -0.2) is 13.0 Å². The van der Waals surface area contributed by atoms with Gasteiger partial charge in [0, 0.05) is 11.8 Å². The lowest BCUT2D eigenvalue weighted by Crippen LogP contribution is -2.15. The lowest BCUT2D eigenvalue weighted by molar-refractivity contribution is -0.115. The molecule has 2 aromatic carbocycles. The Hall–Kier alpha value is -2.80. The number of carbonyl (C=O) groups is 1. The van der Waals surface area contributed by atoms with Gasteiger partial charge in [0.05, 0.1) is 25.2 Å². The summed E-state index contributed by atoms with van der Waals surface area (Å²) in [5.41, 5.74) is 1.91.